The fourth-order valence-corrected chi connectivity index (χ4v) is 6.71. The molecule has 0 spiro atoms. The summed E-state index contributed by atoms with van der Waals surface area (Å²) in [5.74, 6) is 0.478. The van der Waals surface area contributed by atoms with Gasteiger partial charge < -0.3 is 10.2 Å². The van der Waals surface area contributed by atoms with E-state index in [9.17, 15) is 10.2 Å². The Morgan fingerprint density at radius 2 is 0.636 bits per heavy atom. The Morgan fingerprint density at radius 1 is 0.409 bits per heavy atom. The molecule has 234 valence electrons. The van der Waals surface area contributed by atoms with Gasteiger partial charge in [0.25, 0.3) is 0 Å². The van der Waals surface area contributed by atoms with Crippen LogP contribution < -0.4 is 0 Å². The quantitative estimate of drug-likeness (QED) is 0.131. The topological polar surface area (TPSA) is 46.9 Å². The Hall–Kier alpha value is -3.28. The molecule has 0 unspecified atom stereocenters. The van der Waals surface area contributed by atoms with Crippen molar-refractivity contribution >= 4 is 0 Å². The van der Waals surface area contributed by atoms with E-state index in [2.05, 4.69) is 135 Å². The first kappa shape index (κ1) is 33.6. The van der Waals surface area contributed by atoms with Gasteiger partial charge in [-0.05, 0) is 46.9 Å². The van der Waals surface area contributed by atoms with Crippen molar-refractivity contribution < 1.29 is 10.2 Å². The molecule has 0 aliphatic carbocycles. The van der Waals surface area contributed by atoms with Crippen LogP contribution in [0.5, 0.6) is 0 Å². The number of rotatable bonds is 17. The zero-order valence-electron chi connectivity index (χ0n) is 27.0. The van der Waals surface area contributed by atoms with E-state index in [1.165, 1.54) is 22.3 Å². The van der Waals surface area contributed by atoms with Crippen molar-refractivity contribution in [2.75, 3.05) is 0 Å². The Kier molecular flexibility index (Phi) is 13.2. The van der Waals surface area contributed by atoms with Crippen molar-refractivity contribution in [3.05, 3.63) is 144 Å². The second-order valence-corrected chi connectivity index (χ2v) is 12.9. The molecule has 4 aromatic carbocycles. The highest BCUT2D eigenvalue weighted by Gasteiger charge is 2.33. The summed E-state index contributed by atoms with van der Waals surface area (Å²) in [4.78, 5) is 4.84. The molecule has 0 bridgehead atoms. The lowest BCUT2D eigenvalue weighted by atomic mass is 9.88. The monoisotopic (exact) mass is 592 g/mol. The summed E-state index contributed by atoms with van der Waals surface area (Å²) in [5, 5.41) is 23.6. The molecule has 0 aliphatic rings. The number of aliphatic hydroxyl groups excluding tert-OH is 2. The highest BCUT2D eigenvalue weighted by Crippen LogP contribution is 2.27. The molecule has 4 rings (SSSR count). The third-order valence-corrected chi connectivity index (χ3v) is 8.67. The molecule has 4 nitrogen and oxygen atoms in total. The molecule has 0 saturated heterocycles. The molecular formula is C40H52N2O2. The van der Waals surface area contributed by atoms with E-state index in [1.807, 2.05) is 24.3 Å². The van der Waals surface area contributed by atoms with Gasteiger partial charge >= 0.3 is 0 Å². The number of aliphatic hydroxyl groups is 2. The van der Waals surface area contributed by atoms with Crippen LogP contribution in [0.25, 0.3) is 0 Å². The van der Waals surface area contributed by atoms with Gasteiger partial charge in [-0.1, -0.05) is 149 Å². The van der Waals surface area contributed by atoms with Gasteiger partial charge in [-0.25, -0.2) is 0 Å². The average molecular weight is 593 g/mol. The Balaban J connectivity index is 1.52. The van der Waals surface area contributed by atoms with E-state index in [0.29, 0.717) is 12.8 Å². The van der Waals surface area contributed by atoms with Gasteiger partial charge in [-0.2, -0.15) is 0 Å². The lowest BCUT2D eigenvalue weighted by Crippen LogP contribution is -2.48. The van der Waals surface area contributed by atoms with Gasteiger partial charge in [0.15, 0.2) is 0 Å². The van der Waals surface area contributed by atoms with Crippen LogP contribution in [0.15, 0.2) is 121 Å². The van der Waals surface area contributed by atoms with Crippen molar-refractivity contribution in [1.29, 1.82) is 0 Å². The largest absolute Gasteiger partial charge is 0.391 e. The molecular weight excluding hydrogens is 540 g/mol. The van der Waals surface area contributed by atoms with Gasteiger partial charge in [0, 0.05) is 38.3 Å². The third-order valence-electron chi connectivity index (χ3n) is 8.67. The molecule has 4 atom stereocenters. The number of benzene rings is 4. The molecule has 0 aliphatic heterocycles. The number of nitrogens with zero attached hydrogens (tertiary/aromatic N) is 2. The molecule has 4 heteroatoms. The zero-order valence-corrected chi connectivity index (χ0v) is 27.0. The van der Waals surface area contributed by atoms with Crippen molar-refractivity contribution in [3.8, 4) is 0 Å². The standard InChI is InChI=1S/C40H52N2O2/c1-31(2)39(41(27-33-17-9-5-10-18-33)28-34-19-11-6-12-20-34)37(43)25-26-38(44)40(32(3)4)42(29-35-21-13-7-14-22-35)30-36-23-15-8-16-24-36/h5-24,31-32,37-40,43-44H,25-30H2,1-4H3/t37-,38-,39+,40+/m1/s1. The second-order valence-electron chi connectivity index (χ2n) is 12.9. The first-order valence-corrected chi connectivity index (χ1v) is 16.3. The minimum atomic E-state index is -0.568. The van der Waals surface area contributed by atoms with E-state index >= 15 is 0 Å². The van der Waals surface area contributed by atoms with E-state index in [4.69, 9.17) is 0 Å². The molecule has 0 saturated carbocycles. The minimum Gasteiger partial charge on any atom is -0.391 e. The lowest BCUT2D eigenvalue weighted by molar-refractivity contribution is -0.0205. The molecule has 0 radical (unpaired) electrons. The second kappa shape index (κ2) is 17.3. The van der Waals surface area contributed by atoms with Gasteiger partial charge in [-0.15, -0.1) is 0 Å². The lowest BCUT2D eigenvalue weighted by Gasteiger charge is -2.40. The molecule has 44 heavy (non-hydrogen) atoms. The highest BCUT2D eigenvalue weighted by molar-refractivity contribution is 5.19. The summed E-state index contributed by atoms with van der Waals surface area (Å²) in [7, 11) is 0. The van der Waals surface area contributed by atoms with Crippen LogP contribution in [0.2, 0.25) is 0 Å². The number of hydrogen-bond acceptors (Lipinski definition) is 4. The predicted molar refractivity (Wildman–Crippen MR) is 183 cm³/mol. The van der Waals surface area contributed by atoms with Crippen molar-refractivity contribution in [2.45, 2.75) is 91.0 Å². The highest BCUT2D eigenvalue weighted by atomic mass is 16.3. The van der Waals surface area contributed by atoms with E-state index in [1.54, 1.807) is 0 Å². The van der Waals surface area contributed by atoms with Gasteiger partial charge in [0.1, 0.15) is 0 Å². The zero-order chi connectivity index (χ0) is 31.3. The minimum absolute atomic E-state index is 0.0511. The molecule has 4 aromatic rings. The first-order valence-electron chi connectivity index (χ1n) is 16.3. The van der Waals surface area contributed by atoms with E-state index < -0.39 is 12.2 Å². The summed E-state index contributed by atoms with van der Waals surface area (Å²) in [6.45, 7) is 11.8. The van der Waals surface area contributed by atoms with Crippen LogP contribution in [-0.4, -0.2) is 44.3 Å². The van der Waals surface area contributed by atoms with Gasteiger partial charge in [-0.3, -0.25) is 9.80 Å². The SMILES string of the molecule is CC(C)[C@@H]([C@H](O)CC[C@@H](O)[C@H](C(C)C)N(Cc1ccccc1)Cc1ccccc1)N(Cc1ccccc1)Cc1ccccc1. The van der Waals surface area contributed by atoms with Crippen LogP contribution >= 0.6 is 0 Å². The van der Waals surface area contributed by atoms with Gasteiger partial charge in [0.05, 0.1) is 12.2 Å². The van der Waals surface area contributed by atoms with Crippen molar-refractivity contribution in [3.63, 3.8) is 0 Å². The Labute approximate surface area is 266 Å². The van der Waals surface area contributed by atoms with Gasteiger partial charge in [0.2, 0.25) is 0 Å². The Morgan fingerprint density at radius 3 is 0.841 bits per heavy atom. The summed E-state index contributed by atoms with van der Waals surface area (Å²) in [6.07, 6.45) is -0.0569. The summed E-state index contributed by atoms with van der Waals surface area (Å²) in [5.41, 5.74) is 4.94. The van der Waals surface area contributed by atoms with Crippen molar-refractivity contribution in [2.24, 2.45) is 11.8 Å². The average Bonchev–Trinajstić information content (AvgIpc) is 3.02. The molecule has 0 heterocycles. The first-order chi connectivity index (χ1) is 21.3. The van der Waals surface area contributed by atoms with E-state index in [-0.39, 0.29) is 23.9 Å². The smallest absolute Gasteiger partial charge is 0.0699 e. The summed E-state index contributed by atoms with van der Waals surface area (Å²) >= 11 is 0. The normalized spacial score (nSPS) is 14.7. The molecule has 0 amide bonds. The Bertz CT molecular complexity index is 1130. The van der Waals surface area contributed by atoms with Crippen LogP contribution in [-0.2, 0) is 26.2 Å². The molecule has 2 N–H and O–H groups in total. The molecule has 0 fully saturated rings. The maximum absolute atomic E-state index is 11.8. The molecule has 0 aromatic heterocycles. The van der Waals surface area contributed by atoms with E-state index in [0.717, 1.165) is 26.2 Å². The third kappa shape index (κ3) is 10.1. The van der Waals surface area contributed by atoms with Crippen LogP contribution in [0.4, 0.5) is 0 Å². The predicted octanol–water partition coefficient (Wildman–Crippen LogP) is 7.94. The fourth-order valence-electron chi connectivity index (χ4n) is 6.71. The van der Waals surface area contributed by atoms with Crippen molar-refractivity contribution in [1.82, 2.24) is 9.80 Å². The fraction of sp³-hybridized carbons (Fsp3) is 0.400. The van der Waals surface area contributed by atoms with Crippen LogP contribution in [0.3, 0.4) is 0 Å². The maximum atomic E-state index is 11.8. The summed E-state index contributed by atoms with van der Waals surface area (Å²) < 4.78 is 0. The maximum Gasteiger partial charge on any atom is 0.0699 e. The number of hydrogen-bond donors (Lipinski definition) is 2. The summed E-state index contributed by atoms with van der Waals surface area (Å²) in [6, 6.07) is 42.0. The van der Waals surface area contributed by atoms with Crippen LogP contribution in [0, 0.1) is 11.8 Å². The van der Waals surface area contributed by atoms with Crippen LogP contribution in [0.1, 0.15) is 62.8 Å².